The Hall–Kier alpha value is -1.22. The van der Waals surface area contributed by atoms with Gasteiger partial charge >= 0.3 is 0 Å². The monoisotopic (exact) mass is 274 g/mol. The first-order valence-corrected chi connectivity index (χ1v) is 8.04. The van der Waals surface area contributed by atoms with Crippen molar-refractivity contribution in [3.05, 3.63) is 35.9 Å². The summed E-state index contributed by atoms with van der Waals surface area (Å²) in [5.74, 6) is 4.04. The summed E-state index contributed by atoms with van der Waals surface area (Å²) >= 11 is 2.00. The van der Waals surface area contributed by atoms with Crippen LogP contribution in [0.1, 0.15) is 25.8 Å². The summed E-state index contributed by atoms with van der Waals surface area (Å²) in [4.78, 5) is 4.69. The van der Waals surface area contributed by atoms with Gasteiger partial charge in [0.15, 0.2) is 0 Å². The molecule has 0 amide bonds. The van der Waals surface area contributed by atoms with E-state index in [9.17, 15) is 0 Å². The number of hydrogen-bond donors (Lipinski definition) is 1. The molecule has 102 valence electrons. The lowest BCUT2D eigenvalue weighted by Crippen LogP contribution is -2.00. The summed E-state index contributed by atoms with van der Waals surface area (Å²) in [5.41, 5.74) is 2.36. The van der Waals surface area contributed by atoms with Crippen LogP contribution < -0.4 is 5.32 Å². The largest absolute Gasteiger partial charge is 0.373 e. The maximum atomic E-state index is 4.69. The summed E-state index contributed by atoms with van der Waals surface area (Å²) in [6, 6.07) is 10.6. The van der Waals surface area contributed by atoms with Crippen LogP contribution in [0.5, 0.6) is 0 Å². The van der Waals surface area contributed by atoms with E-state index >= 15 is 0 Å². The van der Waals surface area contributed by atoms with Crippen molar-refractivity contribution in [2.75, 3.05) is 18.1 Å². The van der Waals surface area contributed by atoms with Gasteiger partial charge in [-0.25, -0.2) is 4.98 Å². The number of nitrogens with zero attached hydrogens (tertiary/aromatic N) is 1. The topological polar surface area (TPSA) is 24.9 Å². The van der Waals surface area contributed by atoms with Crippen LogP contribution in [0.15, 0.2) is 30.3 Å². The molecule has 0 aliphatic carbocycles. The normalized spacial score (nSPS) is 12.6. The van der Waals surface area contributed by atoms with E-state index in [0.29, 0.717) is 0 Å². The zero-order valence-electron chi connectivity index (χ0n) is 11.9. The predicted octanol–water partition coefficient (Wildman–Crippen LogP) is 4.56. The van der Waals surface area contributed by atoms with Crippen LogP contribution in [0, 0.1) is 5.92 Å². The number of benzene rings is 1. The molecule has 2 aromatic rings. The summed E-state index contributed by atoms with van der Waals surface area (Å²) < 4.78 is 0. The number of aromatic nitrogens is 1. The van der Waals surface area contributed by atoms with Crippen molar-refractivity contribution in [3.63, 3.8) is 0 Å². The molecule has 1 N–H and O–H groups in total. The summed E-state index contributed by atoms with van der Waals surface area (Å²) in [7, 11) is 1.94. The number of rotatable bonds is 6. The Morgan fingerprint density at radius 3 is 2.84 bits per heavy atom. The molecule has 0 saturated carbocycles. The van der Waals surface area contributed by atoms with Crippen LogP contribution in [0.2, 0.25) is 0 Å². The minimum atomic E-state index is 0.788. The molecule has 0 radical (unpaired) electrons. The lowest BCUT2D eigenvalue weighted by molar-refractivity contribution is 0.637. The SMILES string of the molecule is CCC(C)CSCc1cc2ccccc2nc1NC. The third-order valence-electron chi connectivity index (χ3n) is 3.40. The smallest absolute Gasteiger partial charge is 0.130 e. The van der Waals surface area contributed by atoms with Crippen molar-refractivity contribution >= 4 is 28.5 Å². The van der Waals surface area contributed by atoms with E-state index in [1.165, 1.54) is 23.1 Å². The number of hydrogen-bond acceptors (Lipinski definition) is 3. The summed E-state index contributed by atoms with van der Waals surface area (Å²) in [6.07, 6.45) is 1.25. The molecule has 0 saturated heterocycles. The third-order valence-corrected chi connectivity index (χ3v) is 4.72. The average Bonchev–Trinajstić information content (AvgIpc) is 2.46. The second-order valence-corrected chi connectivity index (χ2v) is 6.00. The summed E-state index contributed by atoms with van der Waals surface area (Å²) in [6.45, 7) is 4.56. The van der Waals surface area contributed by atoms with Gasteiger partial charge in [0.05, 0.1) is 5.52 Å². The molecule has 3 heteroatoms. The summed E-state index contributed by atoms with van der Waals surface area (Å²) in [5, 5.41) is 4.44. The first-order chi connectivity index (χ1) is 9.24. The van der Waals surface area contributed by atoms with Crippen LogP contribution in [0.4, 0.5) is 5.82 Å². The molecular formula is C16H22N2S. The minimum Gasteiger partial charge on any atom is -0.373 e. The Morgan fingerprint density at radius 2 is 2.11 bits per heavy atom. The molecule has 1 aromatic heterocycles. The van der Waals surface area contributed by atoms with Gasteiger partial charge in [0.2, 0.25) is 0 Å². The fourth-order valence-electron chi connectivity index (χ4n) is 1.97. The number of nitrogens with one attached hydrogen (secondary N) is 1. The second-order valence-electron chi connectivity index (χ2n) is 4.97. The molecule has 1 unspecified atom stereocenters. The van der Waals surface area contributed by atoms with Crippen LogP contribution in [0.3, 0.4) is 0 Å². The van der Waals surface area contributed by atoms with E-state index in [2.05, 4.69) is 48.4 Å². The maximum absolute atomic E-state index is 4.69. The van der Waals surface area contributed by atoms with Gasteiger partial charge in [0.25, 0.3) is 0 Å². The van der Waals surface area contributed by atoms with Crippen molar-refractivity contribution in [1.82, 2.24) is 4.98 Å². The number of pyridine rings is 1. The number of thioether (sulfide) groups is 1. The highest BCUT2D eigenvalue weighted by molar-refractivity contribution is 7.98. The second kappa shape index (κ2) is 6.80. The van der Waals surface area contributed by atoms with Crippen LogP contribution in [-0.4, -0.2) is 17.8 Å². The number of para-hydroxylation sites is 1. The van der Waals surface area contributed by atoms with Gasteiger partial charge in [-0.1, -0.05) is 38.5 Å². The maximum Gasteiger partial charge on any atom is 0.130 e. The van der Waals surface area contributed by atoms with E-state index in [-0.39, 0.29) is 0 Å². The molecule has 19 heavy (non-hydrogen) atoms. The zero-order chi connectivity index (χ0) is 13.7. The molecule has 0 fully saturated rings. The first-order valence-electron chi connectivity index (χ1n) is 6.88. The molecule has 1 heterocycles. The van der Waals surface area contributed by atoms with Crippen molar-refractivity contribution in [3.8, 4) is 0 Å². The highest BCUT2D eigenvalue weighted by Gasteiger charge is 2.06. The van der Waals surface area contributed by atoms with Gasteiger partial charge in [-0.15, -0.1) is 0 Å². The van der Waals surface area contributed by atoms with Gasteiger partial charge in [-0.3, -0.25) is 0 Å². The Bertz CT molecular complexity index is 539. The van der Waals surface area contributed by atoms with Gasteiger partial charge in [0.1, 0.15) is 5.82 Å². The predicted molar refractivity (Wildman–Crippen MR) is 86.9 cm³/mol. The Balaban J connectivity index is 2.16. The zero-order valence-corrected chi connectivity index (χ0v) is 12.8. The molecule has 2 rings (SSSR count). The molecule has 1 aromatic carbocycles. The van der Waals surface area contributed by atoms with E-state index < -0.39 is 0 Å². The first kappa shape index (κ1) is 14.2. The Labute approximate surface area is 120 Å². The third kappa shape index (κ3) is 3.63. The lowest BCUT2D eigenvalue weighted by Gasteiger charge is -2.11. The Morgan fingerprint density at radius 1 is 1.32 bits per heavy atom. The molecular weight excluding hydrogens is 252 g/mol. The molecule has 0 aliphatic rings. The van der Waals surface area contributed by atoms with Crippen LogP contribution in [0.25, 0.3) is 10.9 Å². The quantitative estimate of drug-likeness (QED) is 0.836. The van der Waals surface area contributed by atoms with E-state index in [1.807, 2.05) is 24.9 Å². The van der Waals surface area contributed by atoms with Gasteiger partial charge < -0.3 is 5.32 Å². The van der Waals surface area contributed by atoms with E-state index in [1.54, 1.807) is 0 Å². The molecule has 0 aliphatic heterocycles. The molecule has 2 nitrogen and oxygen atoms in total. The van der Waals surface area contributed by atoms with Crippen molar-refractivity contribution in [2.24, 2.45) is 5.92 Å². The standard InChI is InChI=1S/C16H22N2S/c1-4-12(2)10-19-11-14-9-13-7-5-6-8-15(13)18-16(14)17-3/h5-9,12H,4,10-11H2,1-3H3,(H,17,18). The number of anilines is 1. The fraction of sp³-hybridized carbons (Fsp3) is 0.438. The highest BCUT2D eigenvalue weighted by Crippen LogP contribution is 2.25. The van der Waals surface area contributed by atoms with Gasteiger partial charge in [-0.05, 0) is 23.8 Å². The number of fused-ring (bicyclic) bond motifs is 1. The van der Waals surface area contributed by atoms with Gasteiger partial charge in [-0.2, -0.15) is 11.8 Å². The van der Waals surface area contributed by atoms with Crippen molar-refractivity contribution < 1.29 is 0 Å². The molecule has 0 spiro atoms. The van der Waals surface area contributed by atoms with Crippen molar-refractivity contribution in [2.45, 2.75) is 26.0 Å². The van der Waals surface area contributed by atoms with E-state index in [0.717, 1.165) is 23.0 Å². The average molecular weight is 274 g/mol. The Kier molecular flexibility index (Phi) is 5.08. The molecule has 0 bridgehead atoms. The van der Waals surface area contributed by atoms with E-state index in [4.69, 9.17) is 0 Å². The highest BCUT2D eigenvalue weighted by atomic mass is 32.2. The van der Waals surface area contributed by atoms with Crippen LogP contribution in [-0.2, 0) is 5.75 Å². The van der Waals surface area contributed by atoms with Crippen molar-refractivity contribution in [1.29, 1.82) is 0 Å². The minimum absolute atomic E-state index is 0.788. The molecule has 1 atom stereocenters. The van der Waals surface area contributed by atoms with Gasteiger partial charge in [0, 0.05) is 23.8 Å². The lowest BCUT2D eigenvalue weighted by atomic mass is 10.1. The fourth-order valence-corrected chi connectivity index (χ4v) is 3.17. The van der Waals surface area contributed by atoms with Crippen LogP contribution >= 0.6 is 11.8 Å².